The second kappa shape index (κ2) is 9.72. The Morgan fingerprint density at radius 3 is 1.68 bits per heavy atom. The number of ether oxygens (including phenoxy) is 2. The van der Waals surface area contributed by atoms with Crippen LogP contribution in [0.5, 0.6) is 23.0 Å². The van der Waals surface area contributed by atoms with Crippen molar-refractivity contribution in [2.75, 3.05) is 11.9 Å². The summed E-state index contributed by atoms with van der Waals surface area (Å²) < 4.78 is 13.7. The third-order valence-electron chi connectivity index (χ3n) is 10.2. The highest BCUT2D eigenvalue weighted by atomic mass is 16.6. The van der Waals surface area contributed by atoms with Gasteiger partial charge >= 0.3 is 0 Å². The normalized spacial score (nSPS) is 13.7. The van der Waals surface area contributed by atoms with Gasteiger partial charge in [-0.15, -0.1) is 0 Å². The number of hydrogen-bond donors (Lipinski definition) is 0. The van der Waals surface area contributed by atoms with Gasteiger partial charge in [0, 0.05) is 18.3 Å². The van der Waals surface area contributed by atoms with Crippen LogP contribution in [0.25, 0.3) is 33.4 Å². The average molecular weight is 604 g/mol. The number of benzene rings is 7. The fourth-order valence-electron chi connectivity index (χ4n) is 8.13. The molecular formula is C44H29NO2. The maximum atomic E-state index is 6.91. The summed E-state index contributed by atoms with van der Waals surface area (Å²) in [4.78, 5) is 2.16. The molecule has 222 valence electrons. The van der Waals surface area contributed by atoms with Crippen LogP contribution < -0.4 is 14.4 Å². The van der Waals surface area contributed by atoms with Crippen LogP contribution in [-0.2, 0) is 5.41 Å². The van der Waals surface area contributed by atoms with Crippen LogP contribution >= 0.6 is 0 Å². The number of hydrogen-bond acceptors (Lipinski definition) is 3. The van der Waals surface area contributed by atoms with E-state index in [0.29, 0.717) is 11.5 Å². The van der Waals surface area contributed by atoms with Gasteiger partial charge in [0.1, 0.15) is 0 Å². The molecule has 0 radical (unpaired) electrons. The molecule has 0 saturated heterocycles. The van der Waals surface area contributed by atoms with E-state index in [1.165, 1.54) is 50.1 Å². The Kier molecular flexibility index (Phi) is 5.41. The fraction of sp³-hybridized carbons (Fsp3) is 0.0455. The van der Waals surface area contributed by atoms with Crippen molar-refractivity contribution >= 4 is 11.4 Å². The Hall–Kier alpha value is -6.06. The highest BCUT2D eigenvalue weighted by Gasteiger charge is 2.53. The molecule has 2 aliphatic carbocycles. The maximum absolute atomic E-state index is 6.91. The minimum Gasteiger partial charge on any atom is -0.449 e. The first kappa shape index (κ1) is 26.2. The van der Waals surface area contributed by atoms with Crippen LogP contribution in [0.2, 0.25) is 0 Å². The zero-order valence-electron chi connectivity index (χ0n) is 25.8. The topological polar surface area (TPSA) is 21.7 Å². The largest absolute Gasteiger partial charge is 0.449 e. The number of para-hydroxylation sites is 1. The van der Waals surface area contributed by atoms with E-state index in [1.807, 2.05) is 18.2 Å². The third-order valence-corrected chi connectivity index (χ3v) is 10.2. The van der Waals surface area contributed by atoms with Gasteiger partial charge < -0.3 is 14.4 Å². The first-order valence-corrected chi connectivity index (χ1v) is 16.1. The van der Waals surface area contributed by atoms with Gasteiger partial charge in [0.05, 0.1) is 11.1 Å². The number of anilines is 2. The zero-order chi connectivity index (χ0) is 31.1. The van der Waals surface area contributed by atoms with Crippen molar-refractivity contribution in [1.82, 2.24) is 0 Å². The van der Waals surface area contributed by atoms with Crippen LogP contribution in [0.3, 0.4) is 0 Å². The van der Waals surface area contributed by atoms with Crippen LogP contribution in [0, 0.1) is 0 Å². The lowest BCUT2D eigenvalue weighted by molar-refractivity contribution is 0.361. The van der Waals surface area contributed by atoms with Crippen LogP contribution in [0.15, 0.2) is 158 Å². The molecule has 0 N–H and O–H groups in total. The molecule has 3 aliphatic rings. The summed E-state index contributed by atoms with van der Waals surface area (Å²) in [6.45, 7) is 0. The van der Waals surface area contributed by atoms with E-state index in [2.05, 4.69) is 151 Å². The monoisotopic (exact) mass is 603 g/mol. The van der Waals surface area contributed by atoms with Gasteiger partial charge in [0.2, 0.25) is 0 Å². The molecule has 0 fully saturated rings. The first-order valence-electron chi connectivity index (χ1n) is 16.1. The molecule has 0 amide bonds. The van der Waals surface area contributed by atoms with Gasteiger partial charge in [-0.05, 0) is 80.4 Å². The van der Waals surface area contributed by atoms with Gasteiger partial charge in [0.25, 0.3) is 0 Å². The van der Waals surface area contributed by atoms with Crippen molar-refractivity contribution in [2.24, 2.45) is 0 Å². The number of nitrogens with zero attached hydrogens (tertiary/aromatic N) is 1. The molecular weight excluding hydrogens is 574 g/mol. The van der Waals surface area contributed by atoms with E-state index in [9.17, 15) is 0 Å². The molecule has 7 aromatic rings. The molecule has 1 spiro atoms. The smallest absolute Gasteiger partial charge is 0.193 e. The van der Waals surface area contributed by atoms with Crippen LogP contribution in [-0.4, -0.2) is 7.05 Å². The molecule has 0 saturated carbocycles. The summed E-state index contributed by atoms with van der Waals surface area (Å²) in [6.07, 6.45) is 0. The van der Waals surface area contributed by atoms with E-state index in [-0.39, 0.29) is 0 Å². The second-order valence-electron chi connectivity index (χ2n) is 12.5. The Labute approximate surface area is 273 Å². The van der Waals surface area contributed by atoms with Gasteiger partial charge in [-0.2, -0.15) is 0 Å². The molecule has 0 bridgehead atoms. The predicted octanol–water partition coefficient (Wildman–Crippen LogP) is 11.4. The maximum Gasteiger partial charge on any atom is 0.193 e. The fourth-order valence-corrected chi connectivity index (χ4v) is 8.13. The lowest BCUT2D eigenvalue weighted by Crippen LogP contribution is -2.25. The SMILES string of the molecule is CN(c1ccc(-c2ccccc2)cc1)c1cccc2c1Oc1ccc3c(c1O2)-c1ccccc1C31c2ccccc2-c2ccccc21. The van der Waals surface area contributed by atoms with E-state index in [4.69, 9.17) is 9.47 Å². The summed E-state index contributed by atoms with van der Waals surface area (Å²) in [7, 11) is 2.07. The Morgan fingerprint density at radius 2 is 0.979 bits per heavy atom. The molecule has 3 nitrogen and oxygen atoms in total. The Bertz CT molecular complexity index is 2330. The first-order chi connectivity index (χ1) is 23.2. The van der Waals surface area contributed by atoms with Gasteiger partial charge in [-0.25, -0.2) is 0 Å². The zero-order valence-corrected chi connectivity index (χ0v) is 25.8. The van der Waals surface area contributed by atoms with Gasteiger partial charge in [0.15, 0.2) is 23.0 Å². The quantitative estimate of drug-likeness (QED) is 0.201. The third kappa shape index (κ3) is 3.51. The molecule has 0 atom stereocenters. The van der Waals surface area contributed by atoms with Gasteiger partial charge in [-0.3, -0.25) is 0 Å². The number of rotatable bonds is 3. The standard InChI is InChI=1S/C44H29NO2/c1-45(30-24-22-29(23-25-30)28-12-3-2-4-13-28)38-20-11-21-39-42(38)46-40-27-26-37-41(43(40)47-39)33-16-7-10-19-36(33)44(37)34-17-8-5-14-31(34)32-15-6-9-18-35(32)44/h2-27H,1H3. The molecule has 0 unspecified atom stereocenters. The second-order valence-corrected chi connectivity index (χ2v) is 12.5. The van der Waals surface area contributed by atoms with E-state index >= 15 is 0 Å². The predicted molar refractivity (Wildman–Crippen MR) is 189 cm³/mol. The average Bonchev–Trinajstić information content (AvgIpc) is 3.62. The molecule has 3 heteroatoms. The van der Waals surface area contributed by atoms with Gasteiger partial charge in [-0.1, -0.05) is 127 Å². The molecule has 47 heavy (non-hydrogen) atoms. The molecule has 1 heterocycles. The van der Waals surface area contributed by atoms with Crippen molar-refractivity contribution in [3.05, 3.63) is 180 Å². The molecule has 10 rings (SSSR count). The van der Waals surface area contributed by atoms with Crippen LogP contribution in [0.4, 0.5) is 11.4 Å². The van der Waals surface area contributed by atoms with Crippen molar-refractivity contribution in [3.63, 3.8) is 0 Å². The van der Waals surface area contributed by atoms with E-state index < -0.39 is 5.41 Å². The minimum absolute atomic E-state index is 0.425. The Morgan fingerprint density at radius 1 is 0.426 bits per heavy atom. The summed E-state index contributed by atoms with van der Waals surface area (Å²) in [5, 5.41) is 0. The molecule has 0 aromatic heterocycles. The molecule has 7 aromatic carbocycles. The lowest BCUT2D eigenvalue weighted by Gasteiger charge is -2.31. The van der Waals surface area contributed by atoms with E-state index in [1.54, 1.807) is 0 Å². The van der Waals surface area contributed by atoms with E-state index in [0.717, 1.165) is 28.4 Å². The summed E-state index contributed by atoms with van der Waals surface area (Å²) in [6, 6.07) is 56.1. The highest BCUT2D eigenvalue weighted by Crippen LogP contribution is 2.66. The number of fused-ring (bicyclic) bond motifs is 13. The van der Waals surface area contributed by atoms with Crippen molar-refractivity contribution < 1.29 is 9.47 Å². The van der Waals surface area contributed by atoms with Crippen LogP contribution in [0.1, 0.15) is 22.3 Å². The summed E-state index contributed by atoms with van der Waals surface area (Å²) in [5.41, 5.74) is 14.0. The Balaban J connectivity index is 1.10. The summed E-state index contributed by atoms with van der Waals surface area (Å²) >= 11 is 0. The van der Waals surface area contributed by atoms with Crippen molar-refractivity contribution in [3.8, 4) is 56.4 Å². The van der Waals surface area contributed by atoms with Crippen molar-refractivity contribution in [2.45, 2.75) is 5.41 Å². The molecule has 1 aliphatic heterocycles. The minimum atomic E-state index is -0.425. The highest BCUT2D eigenvalue weighted by molar-refractivity contribution is 5.98. The summed E-state index contributed by atoms with van der Waals surface area (Å²) in [5.74, 6) is 2.92. The lowest BCUT2D eigenvalue weighted by atomic mass is 9.70. The van der Waals surface area contributed by atoms with Crippen molar-refractivity contribution in [1.29, 1.82) is 0 Å².